The van der Waals surface area contributed by atoms with Gasteiger partial charge in [-0.3, -0.25) is 9.69 Å². The molecule has 2 aliphatic heterocycles. The summed E-state index contributed by atoms with van der Waals surface area (Å²) in [6.45, 7) is 10.7. The molecule has 2 N–H and O–H groups in total. The highest BCUT2D eigenvalue weighted by Gasteiger charge is 2.38. The maximum Gasteiger partial charge on any atom is 0.278 e. The van der Waals surface area contributed by atoms with Gasteiger partial charge in [-0.1, -0.05) is 12.1 Å². The van der Waals surface area contributed by atoms with Crippen LogP contribution in [0, 0.1) is 5.41 Å². The normalized spacial score (nSPS) is 17.3. The van der Waals surface area contributed by atoms with Gasteiger partial charge in [0.15, 0.2) is 11.5 Å². The number of aromatic nitrogens is 5. The molecule has 10 nitrogen and oxygen atoms in total. The van der Waals surface area contributed by atoms with E-state index in [4.69, 9.17) is 4.98 Å². The number of aliphatic hydroxyl groups is 1. The summed E-state index contributed by atoms with van der Waals surface area (Å²) in [6.07, 6.45) is 5.01. The van der Waals surface area contributed by atoms with Crippen LogP contribution in [0.25, 0.3) is 16.9 Å². The highest BCUT2D eigenvalue weighted by molar-refractivity contribution is 5.77. The number of likely N-dealkylation sites (tertiary alicyclic amines) is 1. The van der Waals surface area contributed by atoms with Gasteiger partial charge in [-0.25, -0.2) is 28.1 Å². The molecule has 0 bridgehead atoms. The molecule has 4 aromatic rings. The van der Waals surface area contributed by atoms with Crippen LogP contribution in [0.1, 0.15) is 45.2 Å². The van der Waals surface area contributed by atoms with Crippen LogP contribution in [0.4, 0.5) is 26.1 Å². The molecule has 0 radical (unpaired) electrons. The summed E-state index contributed by atoms with van der Waals surface area (Å²) in [5, 5.41) is 14.1. The molecule has 3 aromatic heterocycles. The zero-order valence-corrected chi connectivity index (χ0v) is 25.8. The van der Waals surface area contributed by atoms with Crippen LogP contribution in [0.3, 0.4) is 0 Å². The van der Waals surface area contributed by atoms with Crippen LogP contribution in [0.2, 0.25) is 0 Å². The van der Waals surface area contributed by atoms with E-state index in [2.05, 4.69) is 38.9 Å². The van der Waals surface area contributed by atoms with Crippen molar-refractivity contribution in [1.29, 1.82) is 0 Å². The Labute approximate surface area is 261 Å². The minimum atomic E-state index is -2.26. The van der Waals surface area contributed by atoms with Crippen LogP contribution in [0.15, 0.2) is 66.1 Å². The molecule has 238 valence electrons. The van der Waals surface area contributed by atoms with E-state index >= 15 is 0 Å². The molecule has 0 unspecified atom stereocenters. The molecule has 5 heterocycles. The van der Waals surface area contributed by atoms with Crippen LogP contribution in [0.5, 0.6) is 0 Å². The molecule has 0 saturated carbocycles. The highest BCUT2D eigenvalue weighted by atomic mass is 19.3. The number of pyridine rings is 1. The predicted molar refractivity (Wildman–Crippen MR) is 172 cm³/mol. The van der Waals surface area contributed by atoms with E-state index in [1.54, 1.807) is 42.8 Å². The molecule has 2 fully saturated rings. The number of hydrogen-bond donors (Lipinski definition) is 2. The van der Waals surface area contributed by atoms with Gasteiger partial charge < -0.3 is 15.3 Å². The standard InChI is InChI=1S/C33H40F2N8O2/c1-4-16-42-30(44)25-21-36-31(39-29(25)43(42)28-7-5-6-26(38-28)32(2,3)45)37-23-8-10-24(11-9-23)41-19-14-33(15-20-41)12-17-40(18-13-33)22-27(34)35/h4-11,21,27,45H,1,12-20,22H2,2-3H3,(H,36,37,39). The molecule has 0 aliphatic carbocycles. The predicted octanol–water partition coefficient (Wildman–Crippen LogP) is 5.08. The second-order valence-electron chi connectivity index (χ2n) is 12.7. The number of nitrogens with zero attached hydrogens (tertiary/aromatic N) is 7. The summed E-state index contributed by atoms with van der Waals surface area (Å²) in [5.41, 5.74) is 1.63. The van der Waals surface area contributed by atoms with E-state index in [1.807, 2.05) is 17.0 Å². The minimum Gasteiger partial charge on any atom is -0.384 e. The largest absolute Gasteiger partial charge is 0.384 e. The molecular formula is C33H40F2N8O2. The van der Waals surface area contributed by atoms with Crippen LogP contribution in [-0.4, -0.2) is 73.5 Å². The first-order valence-corrected chi connectivity index (χ1v) is 15.5. The molecule has 0 amide bonds. The maximum absolute atomic E-state index is 13.3. The molecule has 1 spiro atoms. The summed E-state index contributed by atoms with van der Waals surface area (Å²) >= 11 is 0. The molecule has 45 heavy (non-hydrogen) atoms. The van der Waals surface area contributed by atoms with Crippen LogP contribution in [-0.2, 0) is 12.1 Å². The van der Waals surface area contributed by atoms with Gasteiger partial charge in [0.1, 0.15) is 11.0 Å². The van der Waals surface area contributed by atoms with Gasteiger partial charge in [0.2, 0.25) is 5.95 Å². The Morgan fingerprint density at radius 2 is 1.73 bits per heavy atom. The van der Waals surface area contributed by atoms with Crippen molar-refractivity contribution < 1.29 is 13.9 Å². The van der Waals surface area contributed by atoms with E-state index in [-0.39, 0.29) is 24.1 Å². The number of allylic oxidation sites excluding steroid dienone is 1. The average molecular weight is 619 g/mol. The summed E-state index contributed by atoms with van der Waals surface area (Å²) in [4.78, 5) is 31.3. The molecule has 1 aromatic carbocycles. The fourth-order valence-corrected chi connectivity index (χ4v) is 6.52. The number of halogens is 2. The Kier molecular flexibility index (Phi) is 8.45. The number of piperidine rings is 2. The first-order chi connectivity index (χ1) is 21.5. The molecule has 0 atom stereocenters. The highest BCUT2D eigenvalue weighted by Crippen LogP contribution is 2.42. The lowest BCUT2D eigenvalue weighted by molar-refractivity contribution is 0.0338. The summed E-state index contributed by atoms with van der Waals surface area (Å²) in [7, 11) is 0. The Hall–Kier alpha value is -4.16. The lowest BCUT2D eigenvalue weighted by Crippen LogP contribution is -2.47. The Morgan fingerprint density at radius 3 is 2.38 bits per heavy atom. The number of nitrogens with one attached hydrogen (secondary N) is 1. The van der Waals surface area contributed by atoms with Crippen molar-refractivity contribution in [1.82, 2.24) is 29.2 Å². The van der Waals surface area contributed by atoms with Crippen molar-refractivity contribution in [2.24, 2.45) is 5.41 Å². The average Bonchev–Trinajstić information content (AvgIpc) is 3.29. The van der Waals surface area contributed by atoms with Crippen molar-refractivity contribution in [2.75, 3.05) is 42.9 Å². The van der Waals surface area contributed by atoms with Crippen molar-refractivity contribution in [3.63, 3.8) is 0 Å². The smallest absolute Gasteiger partial charge is 0.278 e. The lowest BCUT2D eigenvalue weighted by atomic mass is 9.71. The first-order valence-electron chi connectivity index (χ1n) is 15.5. The van der Waals surface area contributed by atoms with Gasteiger partial charge in [-0.2, -0.15) is 4.98 Å². The SMILES string of the molecule is C=CCn1c(=O)c2cnc(Nc3ccc(N4CCC5(CCN(CC(F)F)CC5)CC4)cc3)nc2n1-c1cccc(C(C)(C)O)n1. The lowest BCUT2D eigenvalue weighted by Gasteiger charge is -2.47. The second-order valence-corrected chi connectivity index (χ2v) is 12.7. The third kappa shape index (κ3) is 6.48. The third-order valence-electron chi connectivity index (χ3n) is 9.18. The Bertz CT molecular complexity index is 1710. The van der Waals surface area contributed by atoms with Gasteiger partial charge in [-0.05, 0) is 94.4 Å². The molecule has 2 aliphatic rings. The van der Waals surface area contributed by atoms with Crippen molar-refractivity contribution in [2.45, 2.75) is 58.1 Å². The Balaban J connectivity index is 1.18. The van der Waals surface area contributed by atoms with E-state index < -0.39 is 12.0 Å². The number of rotatable bonds is 9. The van der Waals surface area contributed by atoms with Crippen molar-refractivity contribution in [3.05, 3.63) is 77.4 Å². The van der Waals surface area contributed by atoms with Crippen LogP contribution >= 0.6 is 0 Å². The summed E-state index contributed by atoms with van der Waals surface area (Å²) in [5.74, 6) is 0.774. The van der Waals surface area contributed by atoms with E-state index in [1.165, 1.54) is 10.9 Å². The van der Waals surface area contributed by atoms with Crippen LogP contribution < -0.4 is 15.8 Å². The number of anilines is 3. The quantitative estimate of drug-likeness (QED) is 0.250. The summed E-state index contributed by atoms with van der Waals surface area (Å²) < 4.78 is 28.7. The van der Waals surface area contributed by atoms with E-state index in [0.717, 1.165) is 63.2 Å². The fraction of sp³-hybridized carbons (Fsp3) is 0.455. The number of fused-ring (bicyclic) bond motifs is 1. The third-order valence-corrected chi connectivity index (χ3v) is 9.18. The number of benzene rings is 1. The number of hydrogen-bond acceptors (Lipinski definition) is 8. The molecule has 2 saturated heterocycles. The maximum atomic E-state index is 13.3. The van der Waals surface area contributed by atoms with Gasteiger partial charge in [0.25, 0.3) is 12.0 Å². The van der Waals surface area contributed by atoms with Gasteiger partial charge in [0, 0.05) is 30.7 Å². The zero-order chi connectivity index (χ0) is 31.8. The first kappa shape index (κ1) is 30.8. The monoisotopic (exact) mass is 618 g/mol. The Morgan fingerprint density at radius 1 is 1.04 bits per heavy atom. The topological polar surface area (TPSA) is 104 Å². The molecule has 12 heteroatoms. The van der Waals surface area contributed by atoms with Crippen molar-refractivity contribution >= 4 is 28.4 Å². The van der Waals surface area contributed by atoms with Crippen molar-refractivity contribution in [3.8, 4) is 5.82 Å². The van der Waals surface area contributed by atoms with Gasteiger partial charge >= 0.3 is 0 Å². The minimum absolute atomic E-state index is 0.114. The second kappa shape index (κ2) is 12.3. The van der Waals surface area contributed by atoms with E-state index in [0.29, 0.717) is 28.5 Å². The van der Waals surface area contributed by atoms with E-state index in [9.17, 15) is 18.7 Å². The van der Waals surface area contributed by atoms with Gasteiger partial charge in [0.05, 0.1) is 18.8 Å². The number of alkyl halides is 2. The van der Waals surface area contributed by atoms with Gasteiger partial charge in [-0.15, -0.1) is 6.58 Å². The fourth-order valence-electron chi connectivity index (χ4n) is 6.52. The summed E-state index contributed by atoms with van der Waals surface area (Å²) in [6, 6.07) is 13.4. The molecular weight excluding hydrogens is 578 g/mol. The molecule has 6 rings (SSSR count). The zero-order valence-electron chi connectivity index (χ0n) is 25.8.